The average Bonchev–Trinajstić information content (AvgIpc) is 2.60. The highest BCUT2D eigenvalue weighted by Gasteiger charge is 2.24. The van der Waals surface area contributed by atoms with Gasteiger partial charge in [0, 0.05) is 16.7 Å². The van der Waals surface area contributed by atoms with Gasteiger partial charge in [0.15, 0.2) is 5.78 Å². The zero-order chi connectivity index (χ0) is 18.4. The molecule has 0 fully saturated rings. The van der Waals surface area contributed by atoms with Crippen LogP contribution in [0.2, 0.25) is 0 Å². The number of carbonyl (C=O) groups is 2. The molecular formula is C21H24O4. The average molecular weight is 340 g/mol. The molecule has 0 aliphatic rings. The Balaban J connectivity index is 2.17. The number of rotatable bonds is 8. The maximum atomic E-state index is 12.6. The van der Waals surface area contributed by atoms with E-state index < -0.39 is 6.29 Å². The highest BCUT2D eigenvalue weighted by molar-refractivity contribution is 6.09. The lowest BCUT2D eigenvalue weighted by molar-refractivity contribution is -0.152. The van der Waals surface area contributed by atoms with Gasteiger partial charge in [0.25, 0.3) is 0 Å². The number of hydrogen-bond donors (Lipinski definition) is 0. The van der Waals surface area contributed by atoms with Gasteiger partial charge >= 0.3 is 0 Å². The van der Waals surface area contributed by atoms with E-state index in [9.17, 15) is 9.59 Å². The predicted molar refractivity (Wildman–Crippen MR) is 96.9 cm³/mol. The van der Waals surface area contributed by atoms with E-state index in [2.05, 4.69) is 0 Å². The summed E-state index contributed by atoms with van der Waals surface area (Å²) < 4.78 is 11.2. The van der Waals surface area contributed by atoms with E-state index in [0.29, 0.717) is 16.7 Å². The van der Waals surface area contributed by atoms with Crippen LogP contribution in [0.1, 0.15) is 54.0 Å². The van der Waals surface area contributed by atoms with E-state index in [1.54, 1.807) is 36.4 Å². The van der Waals surface area contributed by atoms with Crippen molar-refractivity contribution < 1.29 is 19.1 Å². The zero-order valence-electron chi connectivity index (χ0n) is 15.1. The summed E-state index contributed by atoms with van der Waals surface area (Å²) in [4.78, 5) is 25.1. The van der Waals surface area contributed by atoms with Crippen LogP contribution in [0, 0.1) is 0 Å². The molecule has 0 atom stereocenters. The van der Waals surface area contributed by atoms with Crippen molar-refractivity contribution >= 4 is 11.6 Å². The second-order valence-corrected chi connectivity index (χ2v) is 6.34. The summed E-state index contributed by atoms with van der Waals surface area (Å²) in [6.07, 6.45) is -1.21. The lowest BCUT2D eigenvalue weighted by Gasteiger charge is -2.22. The van der Waals surface area contributed by atoms with Gasteiger partial charge in [-0.2, -0.15) is 0 Å². The summed E-state index contributed by atoms with van der Waals surface area (Å²) in [6, 6.07) is 15.6. The lowest BCUT2D eigenvalue weighted by atomic mass is 10.0. The maximum absolute atomic E-state index is 12.6. The van der Waals surface area contributed by atoms with Crippen LogP contribution in [0.15, 0.2) is 54.6 Å². The van der Waals surface area contributed by atoms with Crippen molar-refractivity contribution in [3.05, 3.63) is 71.3 Å². The van der Waals surface area contributed by atoms with Gasteiger partial charge < -0.3 is 9.47 Å². The molecule has 4 heteroatoms. The Kier molecular flexibility index (Phi) is 6.62. The molecule has 132 valence electrons. The summed E-state index contributed by atoms with van der Waals surface area (Å²) in [6.45, 7) is 7.41. The van der Waals surface area contributed by atoms with E-state index >= 15 is 0 Å². The Morgan fingerprint density at radius 2 is 1.12 bits per heavy atom. The van der Waals surface area contributed by atoms with Crippen LogP contribution in [0.25, 0.3) is 0 Å². The van der Waals surface area contributed by atoms with Crippen LogP contribution in [0.5, 0.6) is 0 Å². The Hall–Kier alpha value is -2.30. The molecule has 0 saturated carbocycles. The molecule has 0 N–H and O–H groups in total. The molecule has 0 spiro atoms. The number of hydrogen-bond acceptors (Lipinski definition) is 4. The Bertz CT molecular complexity index is 692. The maximum Gasteiger partial charge on any atom is 0.223 e. The summed E-state index contributed by atoms with van der Waals surface area (Å²) in [5.41, 5.74) is 1.61. The van der Waals surface area contributed by atoms with Gasteiger partial charge in [-0.25, -0.2) is 0 Å². The van der Waals surface area contributed by atoms with E-state index in [4.69, 9.17) is 9.47 Å². The summed E-state index contributed by atoms with van der Waals surface area (Å²) >= 11 is 0. The standard InChI is InChI=1S/C21H24O4/c1-14(2)24-21(25-15(3)4)20(23)18-12-10-17(11-13-18)19(22)16-8-6-5-7-9-16/h5-15,21H,1-4H3. The van der Waals surface area contributed by atoms with Crippen molar-refractivity contribution in [3.63, 3.8) is 0 Å². The molecule has 2 rings (SSSR count). The van der Waals surface area contributed by atoms with E-state index in [0.717, 1.165) is 0 Å². The number of benzene rings is 2. The van der Waals surface area contributed by atoms with E-state index in [-0.39, 0.29) is 23.8 Å². The van der Waals surface area contributed by atoms with E-state index in [1.165, 1.54) is 0 Å². The molecule has 2 aromatic rings. The van der Waals surface area contributed by atoms with Crippen LogP contribution < -0.4 is 0 Å². The minimum atomic E-state index is -0.948. The summed E-state index contributed by atoms with van der Waals surface area (Å²) in [5, 5.41) is 0. The number of Topliss-reactive ketones (excluding diaryl/α,β-unsaturated/α-hetero) is 1. The van der Waals surface area contributed by atoms with Crippen LogP contribution >= 0.6 is 0 Å². The van der Waals surface area contributed by atoms with Crippen molar-refractivity contribution in [2.75, 3.05) is 0 Å². The van der Waals surface area contributed by atoms with Crippen molar-refractivity contribution in [2.45, 2.75) is 46.2 Å². The highest BCUT2D eigenvalue weighted by atomic mass is 16.7. The lowest BCUT2D eigenvalue weighted by Crippen LogP contribution is -2.32. The van der Waals surface area contributed by atoms with Gasteiger partial charge in [-0.3, -0.25) is 9.59 Å². The Morgan fingerprint density at radius 3 is 1.60 bits per heavy atom. The molecule has 0 heterocycles. The molecule has 0 bridgehead atoms. The van der Waals surface area contributed by atoms with Crippen LogP contribution in [-0.4, -0.2) is 30.1 Å². The monoisotopic (exact) mass is 340 g/mol. The predicted octanol–water partition coefficient (Wildman–Crippen LogP) is 4.28. The quantitative estimate of drug-likeness (QED) is 0.532. The second-order valence-electron chi connectivity index (χ2n) is 6.34. The second kappa shape index (κ2) is 8.70. The Morgan fingerprint density at radius 1 is 0.680 bits per heavy atom. The zero-order valence-corrected chi connectivity index (χ0v) is 15.1. The first-order chi connectivity index (χ1) is 11.9. The van der Waals surface area contributed by atoms with Gasteiger partial charge in [-0.05, 0) is 27.7 Å². The molecule has 0 saturated heterocycles. The molecular weight excluding hydrogens is 316 g/mol. The molecule has 0 aromatic heterocycles. The van der Waals surface area contributed by atoms with Gasteiger partial charge in [-0.1, -0.05) is 54.6 Å². The van der Waals surface area contributed by atoms with E-state index in [1.807, 2.05) is 45.9 Å². The van der Waals surface area contributed by atoms with Gasteiger partial charge in [0.1, 0.15) is 0 Å². The summed E-state index contributed by atoms with van der Waals surface area (Å²) in [7, 11) is 0. The van der Waals surface area contributed by atoms with Crippen LogP contribution in [0.3, 0.4) is 0 Å². The molecule has 0 unspecified atom stereocenters. The normalized spacial score (nSPS) is 11.3. The van der Waals surface area contributed by atoms with Crippen LogP contribution in [0.4, 0.5) is 0 Å². The Labute approximate surface area is 148 Å². The fourth-order valence-electron chi connectivity index (χ4n) is 2.33. The molecule has 25 heavy (non-hydrogen) atoms. The largest absolute Gasteiger partial charge is 0.343 e. The fraction of sp³-hybridized carbons (Fsp3) is 0.333. The van der Waals surface area contributed by atoms with Crippen molar-refractivity contribution in [2.24, 2.45) is 0 Å². The van der Waals surface area contributed by atoms with Crippen molar-refractivity contribution in [1.29, 1.82) is 0 Å². The topological polar surface area (TPSA) is 52.6 Å². The highest BCUT2D eigenvalue weighted by Crippen LogP contribution is 2.15. The molecule has 4 nitrogen and oxygen atoms in total. The molecule has 0 aliphatic heterocycles. The minimum absolute atomic E-state index is 0.0759. The minimum Gasteiger partial charge on any atom is -0.343 e. The number of carbonyl (C=O) groups excluding carboxylic acids is 2. The van der Waals surface area contributed by atoms with Gasteiger partial charge in [0.2, 0.25) is 12.1 Å². The third kappa shape index (κ3) is 5.34. The smallest absolute Gasteiger partial charge is 0.223 e. The first-order valence-corrected chi connectivity index (χ1v) is 8.43. The van der Waals surface area contributed by atoms with Crippen LogP contribution in [-0.2, 0) is 9.47 Å². The third-order valence-corrected chi connectivity index (χ3v) is 3.47. The molecule has 0 aliphatic carbocycles. The number of ether oxygens (including phenoxy) is 2. The van der Waals surface area contributed by atoms with Gasteiger partial charge in [-0.15, -0.1) is 0 Å². The molecule has 2 aromatic carbocycles. The molecule has 0 radical (unpaired) electrons. The summed E-state index contributed by atoms with van der Waals surface area (Å²) in [5.74, 6) is -0.325. The SMILES string of the molecule is CC(C)OC(OC(C)C)C(=O)c1ccc(C(=O)c2ccccc2)cc1. The van der Waals surface area contributed by atoms with Crippen molar-refractivity contribution in [1.82, 2.24) is 0 Å². The van der Waals surface area contributed by atoms with Gasteiger partial charge in [0.05, 0.1) is 12.2 Å². The first kappa shape index (κ1) is 19.0. The molecule has 0 amide bonds. The fourth-order valence-corrected chi connectivity index (χ4v) is 2.33. The third-order valence-electron chi connectivity index (χ3n) is 3.47. The number of ketones is 2. The van der Waals surface area contributed by atoms with Crippen molar-refractivity contribution in [3.8, 4) is 0 Å². The first-order valence-electron chi connectivity index (χ1n) is 8.43.